The molecule has 0 aliphatic rings. The van der Waals surface area contributed by atoms with E-state index in [-0.39, 0.29) is 4.88 Å². The van der Waals surface area contributed by atoms with Crippen LogP contribution >= 0.6 is 11.3 Å². The Morgan fingerprint density at radius 2 is 2.30 bits per heavy atom. The molecule has 2 heterocycles. The Bertz CT molecular complexity index is 870. The normalized spacial score (nSPS) is 10.6. The molecule has 0 spiro atoms. The second-order valence-corrected chi connectivity index (χ2v) is 5.36. The molecule has 6 heteroatoms. The van der Waals surface area contributed by atoms with Crippen LogP contribution in [0.25, 0.3) is 21.5 Å². The zero-order valence-corrected chi connectivity index (χ0v) is 11.3. The Kier molecular flexibility index (Phi) is 2.77. The molecule has 3 rings (SSSR count). The Morgan fingerprint density at radius 1 is 1.50 bits per heavy atom. The highest BCUT2D eigenvalue weighted by Crippen LogP contribution is 2.30. The number of aromatic nitrogens is 2. The van der Waals surface area contributed by atoms with E-state index < -0.39 is 5.97 Å². The average molecular weight is 283 g/mol. The molecule has 0 unspecified atom stereocenters. The van der Waals surface area contributed by atoms with Crippen LogP contribution in [0.3, 0.4) is 0 Å². The second-order valence-electron chi connectivity index (χ2n) is 4.33. The summed E-state index contributed by atoms with van der Waals surface area (Å²) in [5.41, 5.74) is 2.37. The lowest BCUT2D eigenvalue weighted by molar-refractivity contribution is 0.0702. The highest BCUT2D eigenvalue weighted by Gasteiger charge is 2.12. The second kappa shape index (κ2) is 4.47. The van der Waals surface area contributed by atoms with Crippen LogP contribution in [-0.4, -0.2) is 20.6 Å². The third kappa shape index (κ3) is 1.85. The minimum absolute atomic E-state index is 0.202. The van der Waals surface area contributed by atoms with Gasteiger partial charge in [0.2, 0.25) is 0 Å². The van der Waals surface area contributed by atoms with Crippen LogP contribution in [0.15, 0.2) is 30.6 Å². The van der Waals surface area contributed by atoms with Crippen LogP contribution < -0.4 is 0 Å². The van der Waals surface area contributed by atoms with Crippen LogP contribution in [0.1, 0.15) is 15.2 Å². The molecular formula is C14H9N3O2S. The Balaban J connectivity index is 2.17. The average Bonchev–Trinajstić information content (AvgIpc) is 3.04. The highest BCUT2D eigenvalue weighted by atomic mass is 32.1. The quantitative estimate of drug-likeness (QED) is 0.784. The number of nitriles is 1. The first-order valence-corrected chi connectivity index (χ1v) is 6.60. The monoisotopic (exact) mass is 283 g/mol. The Morgan fingerprint density at radius 3 is 2.95 bits per heavy atom. The van der Waals surface area contributed by atoms with Crippen molar-refractivity contribution in [3.8, 4) is 16.6 Å². The number of carboxylic acid groups (broad SMARTS) is 1. The summed E-state index contributed by atoms with van der Waals surface area (Å²) in [6.07, 6.45) is 3.13. The predicted molar refractivity (Wildman–Crippen MR) is 75.7 cm³/mol. The number of hydrogen-bond donors (Lipinski definition) is 1. The van der Waals surface area contributed by atoms with Crippen LogP contribution in [0, 0.1) is 11.3 Å². The maximum Gasteiger partial charge on any atom is 0.347 e. The first-order valence-electron chi connectivity index (χ1n) is 5.79. The molecular weight excluding hydrogens is 274 g/mol. The van der Waals surface area contributed by atoms with Crippen molar-refractivity contribution in [2.75, 3.05) is 0 Å². The number of carboxylic acids is 1. The fraction of sp³-hybridized carbons (Fsp3) is 0.0714. The molecule has 0 radical (unpaired) electrons. The number of carbonyl (C=O) groups is 1. The number of fused-ring (bicyclic) bond motifs is 1. The lowest BCUT2D eigenvalue weighted by Gasteiger charge is -1.99. The first kappa shape index (κ1) is 12.4. The van der Waals surface area contributed by atoms with Gasteiger partial charge >= 0.3 is 5.97 Å². The maximum absolute atomic E-state index is 10.9. The predicted octanol–water partition coefficient (Wildman–Crippen LogP) is 2.87. The van der Waals surface area contributed by atoms with Crippen molar-refractivity contribution in [1.82, 2.24) is 9.55 Å². The Labute approximate surface area is 118 Å². The van der Waals surface area contributed by atoms with Gasteiger partial charge in [0.1, 0.15) is 16.0 Å². The molecule has 2 aromatic heterocycles. The van der Waals surface area contributed by atoms with Crippen LogP contribution in [0.4, 0.5) is 0 Å². The fourth-order valence-corrected chi connectivity index (χ4v) is 2.87. The van der Waals surface area contributed by atoms with E-state index in [0.717, 1.165) is 27.8 Å². The van der Waals surface area contributed by atoms with Crippen LogP contribution in [0.2, 0.25) is 0 Å². The van der Waals surface area contributed by atoms with E-state index in [4.69, 9.17) is 10.4 Å². The van der Waals surface area contributed by atoms with Gasteiger partial charge in [-0.05, 0) is 18.2 Å². The lowest BCUT2D eigenvalue weighted by Crippen LogP contribution is -1.89. The van der Waals surface area contributed by atoms with E-state index in [2.05, 4.69) is 11.1 Å². The van der Waals surface area contributed by atoms with Gasteiger partial charge in [0, 0.05) is 29.7 Å². The van der Waals surface area contributed by atoms with Gasteiger partial charge in [-0.1, -0.05) is 0 Å². The smallest absolute Gasteiger partial charge is 0.347 e. The zero-order valence-electron chi connectivity index (χ0n) is 10.5. The van der Waals surface area contributed by atoms with E-state index in [1.165, 1.54) is 6.20 Å². The molecule has 3 aromatic rings. The van der Waals surface area contributed by atoms with Gasteiger partial charge in [-0.15, -0.1) is 11.3 Å². The first-order chi connectivity index (χ1) is 9.60. The zero-order chi connectivity index (χ0) is 14.3. The summed E-state index contributed by atoms with van der Waals surface area (Å²) >= 11 is 1.12. The van der Waals surface area contributed by atoms with Gasteiger partial charge in [0.25, 0.3) is 0 Å². The standard InChI is InChI=1S/C14H9N3O2S/c1-17-7-9(5-15)10-4-8(2-3-11(10)17)13-16-6-12(20-13)14(18)19/h2-4,6-7H,1H3,(H,18,19). The van der Waals surface area contributed by atoms with Crippen molar-refractivity contribution < 1.29 is 9.90 Å². The molecule has 0 fully saturated rings. The summed E-state index contributed by atoms with van der Waals surface area (Å²) < 4.78 is 1.89. The third-order valence-electron chi connectivity index (χ3n) is 3.07. The molecule has 0 aliphatic carbocycles. The summed E-state index contributed by atoms with van der Waals surface area (Å²) in [6.45, 7) is 0. The molecule has 98 valence electrons. The highest BCUT2D eigenvalue weighted by molar-refractivity contribution is 7.16. The SMILES string of the molecule is Cn1cc(C#N)c2cc(-c3ncc(C(=O)O)s3)ccc21. The number of aryl methyl sites for hydroxylation is 1. The van der Waals surface area contributed by atoms with Gasteiger partial charge in [-0.25, -0.2) is 9.78 Å². The molecule has 20 heavy (non-hydrogen) atoms. The van der Waals surface area contributed by atoms with Crippen LogP contribution in [-0.2, 0) is 7.05 Å². The van der Waals surface area contributed by atoms with E-state index in [0.29, 0.717) is 10.6 Å². The third-order valence-corrected chi connectivity index (χ3v) is 4.11. The summed E-state index contributed by atoms with van der Waals surface area (Å²) in [7, 11) is 1.88. The van der Waals surface area contributed by atoms with Crippen molar-refractivity contribution in [1.29, 1.82) is 5.26 Å². The van der Waals surface area contributed by atoms with E-state index in [1.807, 2.05) is 29.8 Å². The van der Waals surface area contributed by atoms with Gasteiger partial charge in [-0.3, -0.25) is 0 Å². The van der Waals surface area contributed by atoms with Crippen molar-refractivity contribution in [3.05, 3.63) is 41.0 Å². The van der Waals surface area contributed by atoms with E-state index in [1.54, 1.807) is 6.20 Å². The van der Waals surface area contributed by atoms with E-state index in [9.17, 15) is 4.79 Å². The maximum atomic E-state index is 10.9. The van der Waals surface area contributed by atoms with Crippen molar-refractivity contribution in [3.63, 3.8) is 0 Å². The summed E-state index contributed by atoms with van der Waals surface area (Å²) in [5, 5.41) is 19.5. The van der Waals surface area contributed by atoms with Crippen LogP contribution in [0.5, 0.6) is 0 Å². The van der Waals surface area contributed by atoms with Gasteiger partial charge < -0.3 is 9.67 Å². The minimum atomic E-state index is -0.979. The number of thiazole rings is 1. The lowest BCUT2D eigenvalue weighted by atomic mass is 10.1. The summed E-state index contributed by atoms with van der Waals surface area (Å²) in [5.74, 6) is -0.979. The van der Waals surface area contributed by atoms with Gasteiger partial charge in [0.05, 0.1) is 11.8 Å². The number of aromatic carboxylic acids is 1. The summed E-state index contributed by atoms with van der Waals surface area (Å²) in [4.78, 5) is 15.2. The molecule has 0 amide bonds. The molecule has 0 atom stereocenters. The van der Waals surface area contributed by atoms with Crippen molar-refractivity contribution in [2.45, 2.75) is 0 Å². The minimum Gasteiger partial charge on any atom is -0.477 e. The molecule has 0 aliphatic heterocycles. The van der Waals surface area contributed by atoms with Gasteiger partial charge in [0.15, 0.2) is 0 Å². The van der Waals surface area contributed by atoms with Gasteiger partial charge in [-0.2, -0.15) is 5.26 Å². The Hall–Kier alpha value is -2.65. The fourth-order valence-electron chi connectivity index (χ4n) is 2.12. The molecule has 0 bridgehead atoms. The molecule has 0 saturated carbocycles. The topological polar surface area (TPSA) is 78.9 Å². The molecule has 1 aromatic carbocycles. The number of nitrogens with zero attached hydrogens (tertiary/aromatic N) is 3. The molecule has 1 N–H and O–H groups in total. The number of benzene rings is 1. The molecule has 0 saturated heterocycles. The van der Waals surface area contributed by atoms with Crippen molar-refractivity contribution >= 4 is 28.2 Å². The molecule has 5 nitrogen and oxygen atoms in total. The largest absolute Gasteiger partial charge is 0.477 e. The number of hydrogen-bond acceptors (Lipinski definition) is 4. The van der Waals surface area contributed by atoms with Crippen molar-refractivity contribution in [2.24, 2.45) is 7.05 Å². The summed E-state index contributed by atoms with van der Waals surface area (Å²) in [6, 6.07) is 7.83. The number of rotatable bonds is 2. The van der Waals surface area contributed by atoms with E-state index >= 15 is 0 Å².